The molecule has 0 aliphatic carbocycles. The molecule has 0 atom stereocenters. The van der Waals surface area contributed by atoms with E-state index in [0.29, 0.717) is 0 Å². The molecule has 1 aromatic rings. The van der Waals surface area contributed by atoms with Crippen molar-refractivity contribution in [3.8, 4) is 0 Å². The van der Waals surface area contributed by atoms with Gasteiger partial charge in [-0.2, -0.15) is 0 Å². The molecule has 0 spiro atoms. The molecule has 1 fully saturated rings. The Morgan fingerprint density at radius 3 is 2.38 bits per heavy atom. The molecule has 0 aromatic heterocycles. The minimum absolute atomic E-state index is 0.118. The number of hydrogen-bond donors (Lipinski definition) is 0. The van der Waals surface area contributed by atoms with E-state index in [1.54, 1.807) is 12.1 Å². The molecule has 0 radical (unpaired) electrons. The molecule has 0 amide bonds. The zero-order valence-electron chi connectivity index (χ0n) is 12.0. The van der Waals surface area contributed by atoms with Gasteiger partial charge in [-0.1, -0.05) is 36.5 Å². The Morgan fingerprint density at radius 2 is 1.71 bits per heavy atom. The Kier molecular flexibility index (Phi) is 5.91. The number of hydrogen-bond acceptors (Lipinski definition) is 3. The molecule has 1 aromatic carbocycles. The highest BCUT2D eigenvalue weighted by Gasteiger charge is 2.08. The molecular formula is C17H20N2O2. The van der Waals surface area contributed by atoms with E-state index in [-0.39, 0.29) is 5.69 Å². The zero-order valence-corrected chi connectivity index (χ0v) is 12.0. The fraction of sp³-hybridized carbons (Fsp3) is 0.294. The monoisotopic (exact) mass is 284 g/mol. The van der Waals surface area contributed by atoms with Gasteiger partial charge in [-0.15, -0.1) is 0 Å². The molecule has 0 unspecified atom stereocenters. The molecular weight excluding hydrogens is 264 g/mol. The van der Waals surface area contributed by atoms with Crippen molar-refractivity contribution in [2.45, 2.75) is 12.8 Å². The highest BCUT2D eigenvalue weighted by molar-refractivity contribution is 5.53. The van der Waals surface area contributed by atoms with Crippen LogP contribution in [0.4, 0.5) is 5.69 Å². The van der Waals surface area contributed by atoms with Gasteiger partial charge >= 0.3 is 0 Å². The van der Waals surface area contributed by atoms with Crippen LogP contribution in [0, 0.1) is 10.1 Å². The van der Waals surface area contributed by atoms with Gasteiger partial charge in [0, 0.05) is 18.7 Å². The van der Waals surface area contributed by atoms with Crippen molar-refractivity contribution in [2.75, 3.05) is 19.6 Å². The van der Waals surface area contributed by atoms with Gasteiger partial charge < -0.3 is 0 Å². The molecule has 0 bridgehead atoms. The second-order valence-corrected chi connectivity index (χ2v) is 5.03. The third kappa shape index (κ3) is 5.36. The van der Waals surface area contributed by atoms with Gasteiger partial charge in [-0.3, -0.25) is 15.0 Å². The van der Waals surface area contributed by atoms with Gasteiger partial charge in [0.15, 0.2) is 0 Å². The van der Waals surface area contributed by atoms with Crippen molar-refractivity contribution in [1.29, 1.82) is 0 Å². The van der Waals surface area contributed by atoms with Crippen LogP contribution in [0.15, 0.2) is 54.6 Å². The molecule has 2 rings (SSSR count). The summed E-state index contributed by atoms with van der Waals surface area (Å²) in [5, 5.41) is 10.5. The SMILES string of the molecule is O=[N+]([O-])c1ccc(/C=C/C=C/C=C/CN2CCCC2)cc1. The van der Waals surface area contributed by atoms with Crippen LogP contribution in [-0.4, -0.2) is 29.5 Å². The highest BCUT2D eigenvalue weighted by Crippen LogP contribution is 2.12. The van der Waals surface area contributed by atoms with Crippen LogP contribution in [0.5, 0.6) is 0 Å². The summed E-state index contributed by atoms with van der Waals surface area (Å²) in [5.41, 5.74) is 1.07. The van der Waals surface area contributed by atoms with Crippen LogP contribution in [0.3, 0.4) is 0 Å². The summed E-state index contributed by atoms with van der Waals surface area (Å²) >= 11 is 0. The summed E-state index contributed by atoms with van der Waals surface area (Å²) < 4.78 is 0. The van der Waals surface area contributed by atoms with E-state index >= 15 is 0 Å². The van der Waals surface area contributed by atoms with Gasteiger partial charge in [0.25, 0.3) is 5.69 Å². The third-order valence-corrected chi connectivity index (χ3v) is 3.42. The maximum atomic E-state index is 10.5. The smallest absolute Gasteiger partial charge is 0.269 e. The lowest BCUT2D eigenvalue weighted by Crippen LogP contribution is -2.18. The first-order valence-electron chi connectivity index (χ1n) is 7.22. The average molecular weight is 284 g/mol. The number of nitro benzene ring substituents is 1. The zero-order chi connectivity index (χ0) is 14.9. The van der Waals surface area contributed by atoms with E-state index in [9.17, 15) is 10.1 Å². The Morgan fingerprint density at radius 1 is 1.05 bits per heavy atom. The van der Waals surface area contributed by atoms with E-state index < -0.39 is 4.92 Å². The summed E-state index contributed by atoms with van der Waals surface area (Å²) in [6.45, 7) is 3.46. The maximum absolute atomic E-state index is 10.5. The Hall–Kier alpha value is -2.20. The van der Waals surface area contributed by atoms with Crippen molar-refractivity contribution in [1.82, 2.24) is 4.90 Å². The van der Waals surface area contributed by atoms with Crippen molar-refractivity contribution in [3.05, 3.63) is 70.3 Å². The van der Waals surface area contributed by atoms with E-state index in [1.165, 1.54) is 38.1 Å². The first kappa shape index (κ1) is 15.2. The van der Waals surface area contributed by atoms with Crippen LogP contribution >= 0.6 is 0 Å². The van der Waals surface area contributed by atoms with Gasteiger partial charge in [0.1, 0.15) is 0 Å². The molecule has 1 saturated heterocycles. The molecule has 0 N–H and O–H groups in total. The van der Waals surface area contributed by atoms with Gasteiger partial charge in [-0.05, 0) is 43.6 Å². The molecule has 1 heterocycles. The first-order chi connectivity index (χ1) is 10.3. The predicted molar refractivity (Wildman–Crippen MR) is 86.1 cm³/mol. The maximum Gasteiger partial charge on any atom is 0.269 e. The molecule has 4 nitrogen and oxygen atoms in total. The normalized spacial score (nSPS) is 16.6. The van der Waals surface area contributed by atoms with Crippen molar-refractivity contribution in [3.63, 3.8) is 0 Å². The quantitative estimate of drug-likeness (QED) is 0.453. The van der Waals surface area contributed by atoms with Crippen LogP contribution in [0.2, 0.25) is 0 Å². The lowest BCUT2D eigenvalue weighted by molar-refractivity contribution is -0.384. The van der Waals surface area contributed by atoms with Crippen LogP contribution in [0.25, 0.3) is 6.08 Å². The molecule has 0 saturated carbocycles. The second-order valence-electron chi connectivity index (χ2n) is 5.03. The molecule has 110 valence electrons. The van der Waals surface area contributed by atoms with E-state index in [4.69, 9.17) is 0 Å². The molecule has 1 aliphatic heterocycles. The van der Waals surface area contributed by atoms with Crippen molar-refractivity contribution < 1.29 is 4.92 Å². The van der Waals surface area contributed by atoms with Crippen LogP contribution in [-0.2, 0) is 0 Å². The summed E-state index contributed by atoms with van der Waals surface area (Å²) in [5.74, 6) is 0. The van der Waals surface area contributed by atoms with Gasteiger partial charge in [0.05, 0.1) is 4.92 Å². The minimum atomic E-state index is -0.390. The fourth-order valence-corrected chi connectivity index (χ4v) is 2.26. The van der Waals surface area contributed by atoms with Crippen LogP contribution in [0.1, 0.15) is 18.4 Å². The largest absolute Gasteiger partial charge is 0.300 e. The number of nitrogens with zero attached hydrogens (tertiary/aromatic N) is 2. The van der Waals surface area contributed by atoms with Crippen molar-refractivity contribution in [2.24, 2.45) is 0 Å². The van der Waals surface area contributed by atoms with Gasteiger partial charge in [0.2, 0.25) is 0 Å². The standard InChI is InChI=1S/C17H20N2O2/c20-19(21)17-11-9-16(10-12-17)8-4-2-1-3-5-13-18-14-6-7-15-18/h1-5,8-12H,6-7,13-15H2/b2-1+,5-3+,8-4+. The summed E-state index contributed by atoms with van der Waals surface area (Å²) in [6.07, 6.45) is 14.7. The lowest BCUT2D eigenvalue weighted by Gasteiger charge is -2.09. The molecule has 4 heteroatoms. The number of likely N-dealkylation sites (tertiary alicyclic amines) is 1. The second kappa shape index (κ2) is 8.17. The molecule has 1 aliphatic rings. The summed E-state index contributed by atoms with van der Waals surface area (Å²) in [6, 6.07) is 6.51. The van der Waals surface area contributed by atoms with Crippen LogP contribution < -0.4 is 0 Å². The summed E-state index contributed by atoms with van der Waals surface area (Å²) in [7, 11) is 0. The first-order valence-corrected chi connectivity index (χ1v) is 7.22. The number of benzene rings is 1. The van der Waals surface area contributed by atoms with E-state index in [1.807, 2.05) is 24.3 Å². The Labute approximate surface area is 125 Å². The average Bonchev–Trinajstić information content (AvgIpc) is 3.00. The third-order valence-electron chi connectivity index (χ3n) is 3.42. The Bertz CT molecular complexity index is 538. The predicted octanol–water partition coefficient (Wildman–Crippen LogP) is 3.82. The lowest BCUT2D eigenvalue weighted by atomic mass is 10.2. The van der Waals surface area contributed by atoms with Gasteiger partial charge in [-0.25, -0.2) is 0 Å². The topological polar surface area (TPSA) is 46.4 Å². The van der Waals surface area contributed by atoms with E-state index in [2.05, 4.69) is 17.1 Å². The van der Waals surface area contributed by atoms with E-state index in [0.717, 1.165) is 12.1 Å². The van der Waals surface area contributed by atoms with Crippen molar-refractivity contribution >= 4 is 11.8 Å². The fourth-order valence-electron chi connectivity index (χ4n) is 2.26. The highest BCUT2D eigenvalue weighted by atomic mass is 16.6. The Balaban J connectivity index is 1.74. The molecule has 21 heavy (non-hydrogen) atoms. The minimum Gasteiger partial charge on any atom is -0.300 e. The number of allylic oxidation sites excluding steroid dienone is 4. The number of rotatable bonds is 6. The number of nitro groups is 1. The summed E-state index contributed by atoms with van der Waals surface area (Å²) in [4.78, 5) is 12.6. The number of non-ortho nitro benzene ring substituents is 1.